The number of ether oxygens (including phenoxy) is 1. The first-order chi connectivity index (χ1) is 20.7. The van der Waals surface area contributed by atoms with Crippen LogP contribution in [-0.2, 0) is 29.2 Å². The quantitative estimate of drug-likeness (QED) is 0.191. The van der Waals surface area contributed by atoms with Crippen LogP contribution in [0.15, 0.2) is 72.8 Å². The Morgan fingerprint density at radius 1 is 1.00 bits per heavy atom. The van der Waals surface area contributed by atoms with Crippen LogP contribution in [0.1, 0.15) is 45.8 Å². The predicted octanol–water partition coefficient (Wildman–Crippen LogP) is 6.29. The van der Waals surface area contributed by atoms with Gasteiger partial charge in [-0.25, -0.2) is 14.0 Å². The highest BCUT2D eigenvalue weighted by molar-refractivity contribution is 5.97. The number of carbonyl (C=O) groups excluding carboxylic acids is 2. The molecule has 0 aliphatic carbocycles. The number of benzene rings is 3. The lowest BCUT2D eigenvalue weighted by Gasteiger charge is -2.16. The van der Waals surface area contributed by atoms with Gasteiger partial charge in [-0.2, -0.15) is 18.3 Å². The number of anilines is 1. The van der Waals surface area contributed by atoms with E-state index in [4.69, 9.17) is 4.74 Å². The highest BCUT2D eigenvalue weighted by atomic mass is 19.4. The number of hydrogen-bond donors (Lipinski definition) is 3. The van der Waals surface area contributed by atoms with Crippen molar-refractivity contribution >= 4 is 23.7 Å². The Bertz CT molecular complexity index is 1670. The number of alkyl halides is 3. The number of aromatic nitrogens is 2. The van der Waals surface area contributed by atoms with Gasteiger partial charge in [0.2, 0.25) is 0 Å². The first-order valence-electron chi connectivity index (χ1n) is 13.3. The molecule has 2 atom stereocenters. The molecule has 0 saturated heterocycles. The lowest BCUT2D eigenvalue weighted by Crippen LogP contribution is -2.42. The molecule has 44 heavy (non-hydrogen) atoms. The summed E-state index contributed by atoms with van der Waals surface area (Å²) in [5.74, 6) is -2.58. The maximum Gasteiger partial charge on any atom is 0.416 e. The third kappa shape index (κ3) is 7.41. The van der Waals surface area contributed by atoms with Gasteiger partial charge < -0.3 is 15.2 Å². The van der Waals surface area contributed by atoms with Gasteiger partial charge in [-0.1, -0.05) is 42.5 Å². The molecule has 9 nitrogen and oxygen atoms in total. The Morgan fingerprint density at radius 2 is 1.64 bits per heavy atom. The fourth-order valence-corrected chi connectivity index (χ4v) is 4.41. The van der Waals surface area contributed by atoms with Crippen molar-refractivity contribution in [1.29, 1.82) is 0 Å². The minimum atomic E-state index is -4.53. The van der Waals surface area contributed by atoms with Crippen LogP contribution >= 0.6 is 0 Å². The summed E-state index contributed by atoms with van der Waals surface area (Å²) in [7, 11) is 1.67. The molecule has 0 radical (unpaired) electrons. The molecule has 2 unspecified atom stereocenters. The smallest absolute Gasteiger partial charge is 0.416 e. The second-order valence-corrected chi connectivity index (χ2v) is 9.97. The number of hydrogen-bond acceptors (Lipinski definition) is 5. The molecule has 0 bridgehead atoms. The van der Waals surface area contributed by atoms with Gasteiger partial charge >= 0.3 is 18.2 Å². The number of carbonyl (C=O) groups is 3. The van der Waals surface area contributed by atoms with Crippen molar-refractivity contribution in [3.8, 4) is 11.3 Å². The van der Waals surface area contributed by atoms with Crippen LogP contribution in [-0.4, -0.2) is 38.9 Å². The van der Waals surface area contributed by atoms with Crippen LogP contribution in [0.3, 0.4) is 0 Å². The second kappa shape index (κ2) is 13.0. The molecule has 1 heterocycles. The summed E-state index contributed by atoms with van der Waals surface area (Å²) in [4.78, 5) is 37.3. The van der Waals surface area contributed by atoms with Crippen LogP contribution in [0.5, 0.6) is 0 Å². The van der Waals surface area contributed by atoms with Crippen molar-refractivity contribution in [2.75, 3.05) is 5.32 Å². The lowest BCUT2D eigenvalue weighted by molar-refractivity contribution is -0.139. The number of nitrogens with one attached hydrogen (secondary N) is 2. The number of amides is 2. The molecule has 3 N–H and O–H groups in total. The van der Waals surface area contributed by atoms with Crippen molar-refractivity contribution in [1.82, 2.24) is 15.1 Å². The highest BCUT2D eigenvalue weighted by Crippen LogP contribution is 2.31. The highest BCUT2D eigenvalue weighted by Gasteiger charge is 2.30. The van der Waals surface area contributed by atoms with Crippen molar-refractivity contribution < 1.29 is 41.8 Å². The zero-order valence-corrected chi connectivity index (χ0v) is 23.8. The van der Waals surface area contributed by atoms with Crippen LogP contribution in [0.2, 0.25) is 0 Å². The number of halogens is 4. The molecule has 230 valence electrons. The topological polar surface area (TPSA) is 123 Å². The fraction of sp³-hybridized carbons (Fsp3) is 0.226. The van der Waals surface area contributed by atoms with E-state index in [2.05, 4.69) is 15.7 Å². The van der Waals surface area contributed by atoms with Gasteiger partial charge in [0.15, 0.2) is 0 Å². The Labute approximate surface area is 249 Å². The first kappa shape index (κ1) is 31.7. The number of carboxylic acids is 1. The molecule has 0 fully saturated rings. The normalized spacial score (nSPS) is 12.7. The van der Waals surface area contributed by atoms with E-state index >= 15 is 0 Å². The molecular weight excluding hydrogens is 584 g/mol. The van der Waals surface area contributed by atoms with E-state index in [0.717, 1.165) is 24.3 Å². The molecule has 0 aliphatic heterocycles. The summed E-state index contributed by atoms with van der Waals surface area (Å²) in [6.45, 7) is 3.26. The molecule has 1 aromatic heterocycles. The van der Waals surface area contributed by atoms with E-state index in [9.17, 15) is 37.1 Å². The average Bonchev–Trinajstić information content (AvgIpc) is 3.25. The van der Waals surface area contributed by atoms with Gasteiger partial charge in [0.05, 0.1) is 16.9 Å². The van der Waals surface area contributed by atoms with E-state index in [1.807, 2.05) is 0 Å². The van der Waals surface area contributed by atoms with Crippen molar-refractivity contribution in [2.24, 2.45) is 7.05 Å². The third-order valence-corrected chi connectivity index (χ3v) is 6.93. The van der Waals surface area contributed by atoms with Crippen molar-refractivity contribution in [3.05, 3.63) is 107 Å². The molecule has 4 aromatic rings. The van der Waals surface area contributed by atoms with E-state index < -0.39 is 47.7 Å². The van der Waals surface area contributed by atoms with E-state index in [1.165, 1.54) is 41.9 Å². The zero-order chi connectivity index (χ0) is 32.2. The summed E-state index contributed by atoms with van der Waals surface area (Å²) in [5.41, 5.74) is 1.56. The van der Waals surface area contributed by atoms with Crippen molar-refractivity contribution in [2.45, 2.75) is 38.6 Å². The van der Waals surface area contributed by atoms with Gasteiger partial charge in [0.1, 0.15) is 23.7 Å². The predicted molar refractivity (Wildman–Crippen MR) is 152 cm³/mol. The molecule has 0 aliphatic rings. The Balaban J connectivity index is 1.46. The monoisotopic (exact) mass is 612 g/mol. The minimum absolute atomic E-state index is 0.118. The Morgan fingerprint density at radius 3 is 2.23 bits per heavy atom. The molecule has 3 aromatic carbocycles. The number of aryl methyl sites for hydroxylation is 1. The molecule has 2 amide bonds. The lowest BCUT2D eigenvalue weighted by atomic mass is 10.0. The summed E-state index contributed by atoms with van der Waals surface area (Å²) in [6, 6.07) is 14.6. The van der Waals surface area contributed by atoms with E-state index in [0.29, 0.717) is 28.2 Å². The average molecular weight is 613 g/mol. The molecule has 0 saturated carbocycles. The maximum absolute atomic E-state index is 14.1. The van der Waals surface area contributed by atoms with Crippen molar-refractivity contribution in [3.63, 3.8) is 0 Å². The van der Waals surface area contributed by atoms with Gasteiger partial charge in [-0.15, -0.1) is 0 Å². The summed E-state index contributed by atoms with van der Waals surface area (Å²) < 4.78 is 59.5. The Kier molecular flexibility index (Phi) is 9.36. The number of nitrogens with zero attached hydrogens (tertiary/aromatic N) is 2. The van der Waals surface area contributed by atoms with Crippen LogP contribution in [0, 0.1) is 12.7 Å². The largest absolute Gasteiger partial charge is 0.480 e. The third-order valence-electron chi connectivity index (χ3n) is 6.93. The van der Waals surface area contributed by atoms with Crippen LogP contribution in [0.25, 0.3) is 11.3 Å². The Hall–Kier alpha value is -5.20. The number of rotatable bonds is 9. The van der Waals surface area contributed by atoms with Gasteiger partial charge in [-0.05, 0) is 49.7 Å². The summed E-state index contributed by atoms with van der Waals surface area (Å²) in [5, 5.41) is 19.1. The van der Waals surface area contributed by atoms with Crippen LogP contribution < -0.4 is 10.6 Å². The SMILES string of the molecule is Cc1c(NC(=O)OC(C)c2ccccc2F)c(-c2ccc(C(=O)NC(Cc3ccc(C(F)(F)F)cc3)C(=O)O)cc2)nn1C. The maximum atomic E-state index is 14.1. The zero-order valence-electron chi connectivity index (χ0n) is 23.8. The number of aliphatic carboxylic acids is 1. The van der Waals surface area contributed by atoms with E-state index in [-0.39, 0.29) is 17.5 Å². The summed E-state index contributed by atoms with van der Waals surface area (Å²) >= 11 is 0. The fourth-order valence-electron chi connectivity index (χ4n) is 4.41. The van der Waals surface area contributed by atoms with Crippen LogP contribution in [0.4, 0.5) is 28.0 Å². The molecule has 13 heteroatoms. The summed E-state index contributed by atoms with van der Waals surface area (Å²) in [6.07, 6.45) is -6.46. The first-order valence-corrected chi connectivity index (χ1v) is 13.3. The number of carboxylic acid groups (broad SMARTS) is 1. The van der Waals surface area contributed by atoms with Gasteiger partial charge in [-0.3, -0.25) is 14.8 Å². The molecule has 0 spiro atoms. The van der Waals surface area contributed by atoms with E-state index in [1.54, 1.807) is 32.2 Å². The van der Waals surface area contributed by atoms with Gasteiger partial charge in [0, 0.05) is 30.2 Å². The molecule has 4 rings (SSSR count). The minimum Gasteiger partial charge on any atom is -0.480 e. The van der Waals surface area contributed by atoms with Gasteiger partial charge in [0.25, 0.3) is 5.91 Å². The molecular formula is C31H28F4N4O5. The standard InChI is InChI=1S/C31H28F4N4O5/c1-17-26(37-30(43)44-18(2)23-6-4-5-7-24(23)32)27(38-39(17)3)20-10-12-21(13-11-20)28(40)36-25(29(41)42)16-19-8-14-22(15-9-19)31(33,34)35/h4-15,18,25H,16H2,1-3H3,(H,36,40)(H,37,43)(H,41,42). The second-order valence-electron chi connectivity index (χ2n) is 9.97.